The van der Waals surface area contributed by atoms with Gasteiger partial charge in [0.25, 0.3) is 10.0 Å². The van der Waals surface area contributed by atoms with E-state index >= 15 is 0 Å². The topological polar surface area (TPSA) is 91.3 Å². The molecule has 178 valence electrons. The molecule has 1 aliphatic heterocycles. The van der Waals surface area contributed by atoms with Crippen molar-refractivity contribution in [2.24, 2.45) is 5.10 Å². The largest absolute Gasteiger partial charge is 0.444 e. The minimum atomic E-state index is -3.79. The molecule has 0 atom stereocenters. The van der Waals surface area contributed by atoms with E-state index in [0.717, 1.165) is 11.3 Å². The van der Waals surface area contributed by atoms with Crippen LogP contribution in [-0.2, 0) is 14.8 Å². The Morgan fingerprint density at radius 1 is 1.09 bits per heavy atom. The van der Waals surface area contributed by atoms with E-state index in [1.165, 1.54) is 18.3 Å². The maximum atomic E-state index is 12.5. The third-order valence-corrected chi connectivity index (χ3v) is 6.57. The van der Waals surface area contributed by atoms with Gasteiger partial charge in [0.1, 0.15) is 5.60 Å². The maximum absolute atomic E-state index is 12.5. The summed E-state index contributed by atoms with van der Waals surface area (Å²) in [5, 5.41) is 4.40. The molecule has 2 aromatic carbocycles. The van der Waals surface area contributed by atoms with Crippen LogP contribution in [0.1, 0.15) is 31.9 Å². The molecule has 0 aliphatic carbocycles. The lowest BCUT2D eigenvalue weighted by molar-refractivity contribution is 0.0240. The van der Waals surface area contributed by atoms with Crippen molar-refractivity contribution in [2.45, 2.75) is 38.2 Å². The maximum Gasteiger partial charge on any atom is 0.410 e. The van der Waals surface area contributed by atoms with Crippen LogP contribution < -0.4 is 9.73 Å². The average Bonchev–Trinajstić information content (AvgIpc) is 2.74. The molecule has 1 aliphatic rings. The highest BCUT2D eigenvalue weighted by Gasteiger charge is 2.27. The predicted molar refractivity (Wildman–Crippen MR) is 131 cm³/mol. The Morgan fingerprint density at radius 3 is 2.33 bits per heavy atom. The predicted octanol–water partition coefficient (Wildman–Crippen LogP) is 4.02. The average molecular weight is 493 g/mol. The Kier molecular flexibility index (Phi) is 7.54. The number of hydrogen-bond acceptors (Lipinski definition) is 6. The summed E-state index contributed by atoms with van der Waals surface area (Å²) in [7, 11) is -3.79. The summed E-state index contributed by atoms with van der Waals surface area (Å²) in [4.78, 5) is 18.5. The van der Waals surface area contributed by atoms with Crippen molar-refractivity contribution in [3.8, 4) is 0 Å². The van der Waals surface area contributed by atoms with E-state index in [9.17, 15) is 13.2 Å². The Hall–Kier alpha value is -2.78. The molecule has 33 heavy (non-hydrogen) atoms. The van der Waals surface area contributed by atoms with Gasteiger partial charge in [-0.1, -0.05) is 35.4 Å². The Morgan fingerprint density at radius 2 is 1.73 bits per heavy atom. The fourth-order valence-corrected chi connectivity index (χ4v) is 4.33. The van der Waals surface area contributed by atoms with E-state index in [4.69, 9.17) is 16.3 Å². The second-order valence-electron chi connectivity index (χ2n) is 8.79. The minimum Gasteiger partial charge on any atom is -0.444 e. The number of piperazine rings is 1. The van der Waals surface area contributed by atoms with Crippen molar-refractivity contribution in [1.82, 2.24) is 9.73 Å². The van der Waals surface area contributed by atoms with Crippen LogP contribution in [0, 0.1) is 6.92 Å². The molecule has 0 saturated carbocycles. The number of hydrazone groups is 1. The summed E-state index contributed by atoms with van der Waals surface area (Å²) in [6, 6.07) is 11.9. The molecule has 0 radical (unpaired) electrons. The number of sulfonamides is 1. The van der Waals surface area contributed by atoms with Crippen LogP contribution in [0.15, 0.2) is 52.5 Å². The molecule has 0 aromatic heterocycles. The Labute approximate surface area is 200 Å². The number of amides is 1. The van der Waals surface area contributed by atoms with Gasteiger partial charge in [-0.2, -0.15) is 13.5 Å². The highest BCUT2D eigenvalue weighted by atomic mass is 35.5. The molecule has 1 fully saturated rings. The number of anilines is 1. The third-order valence-electron chi connectivity index (χ3n) is 5.00. The number of carbonyl (C=O) groups excluding carboxylic acids is 1. The number of nitrogens with one attached hydrogen (secondary N) is 1. The lowest BCUT2D eigenvalue weighted by atomic mass is 10.1. The van der Waals surface area contributed by atoms with Gasteiger partial charge in [-0.25, -0.2) is 9.63 Å². The monoisotopic (exact) mass is 492 g/mol. The normalized spacial score (nSPS) is 15.1. The van der Waals surface area contributed by atoms with E-state index in [1.54, 1.807) is 23.1 Å². The van der Waals surface area contributed by atoms with Crippen LogP contribution in [0.4, 0.5) is 10.5 Å². The second-order valence-corrected chi connectivity index (χ2v) is 10.9. The first-order chi connectivity index (χ1) is 15.5. The fraction of sp³-hybridized carbons (Fsp3) is 0.391. The molecule has 0 unspecified atom stereocenters. The van der Waals surface area contributed by atoms with Gasteiger partial charge in [-0.05, 0) is 52.0 Å². The van der Waals surface area contributed by atoms with Gasteiger partial charge in [-0.15, -0.1) is 0 Å². The first kappa shape index (κ1) is 24.9. The van der Waals surface area contributed by atoms with Crippen molar-refractivity contribution in [3.63, 3.8) is 0 Å². The molecule has 1 heterocycles. The molecule has 0 bridgehead atoms. The van der Waals surface area contributed by atoms with Crippen molar-refractivity contribution in [3.05, 3.63) is 58.6 Å². The second kappa shape index (κ2) is 10.0. The van der Waals surface area contributed by atoms with Crippen molar-refractivity contribution >= 4 is 39.6 Å². The van der Waals surface area contributed by atoms with Gasteiger partial charge < -0.3 is 14.5 Å². The quantitative estimate of drug-likeness (QED) is 0.503. The van der Waals surface area contributed by atoms with E-state index in [2.05, 4.69) is 14.8 Å². The number of hydrogen-bond donors (Lipinski definition) is 1. The number of rotatable bonds is 5. The van der Waals surface area contributed by atoms with Gasteiger partial charge in [0.05, 0.1) is 16.1 Å². The van der Waals surface area contributed by atoms with E-state index < -0.39 is 15.6 Å². The molecule has 0 spiro atoms. The van der Waals surface area contributed by atoms with Gasteiger partial charge in [0.15, 0.2) is 0 Å². The minimum absolute atomic E-state index is 0.128. The molecular weight excluding hydrogens is 464 g/mol. The van der Waals surface area contributed by atoms with E-state index in [1.807, 2.05) is 39.8 Å². The SMILES string of the molecule is Cc1ccc(S(=O)(=O)N/N=C/c2c(Cl)cccc2N2CCN(C(=O)OC(C)(C)C)CC2)cc1. The van der Waals surface area contributed by atoms with Gasteiger partial charge >= 0.3 is 6.09 Å². The zero-order chi connectivity index (χ0) is 24.2. The van der Waals surface area contributed by atoms with Crippen molar-refractivity contribution < 1.29 is 17.9 Å². The smallest absolute Gasteiger partial charge is 0.410 e. The molecule has 1 amide bonds. The van der Waals surface area contributed by atoms with Gasteiger partial charge in [-0.3, -0.25) is 0 Å². The highest BCUT2D eigenvalue weighted by Crippen LogP contribution is 2.27. The lowest BCUT2D eigenvalue weighted by Gasteiger charge is -2.37. The molecule has 1 saturated heterocycles. The van der Waals surface area contributed by atoms with Crippen LogP contribution in [0.25, 0.3) is 0 Å². The summed E-state index contributed by atoms with van der Waals surface area (Å²) in [6.07, 6.45) is 1.07. The van der Waals surface area contributed by atoms with Crippen LogP contribution in [0.3, 0.4) is 0 Å². The molecule has 10 heteroatoms. The first-order valence-corrected chi connectivity index (χ1v) is 12.5. The zero-order valence-electron chi connectivity index (χ0n) is 19.2. The summed E-state index contributed by atoms with van der Waals surface area (Å²) < 4.78 is 30.4. The van der Waals surface area contributed by atoms with Crippen LogP contribution in [0.2, 0.25) is 5.02 Å². The molecular formula is C23H29ClN4O4S. The number of nitrogens with zero attached hydrogens (tertiary/aromatic N) is 3. The van der Waals surface area contributed by atoms with Crippen LogP contribution in [0.5, 0.6) is 0 Å². The van der Waals surface area contributed by atoms with Crippen LogP contribution in [-0.4, -0.2) is 57.4 Å². The number of benzene rings is 2. The number of carbonyl (C=O) groups is 1. The number of ether oxygens (including phenoxy) is 1. The zero-order valence-corrected chi connectivity index (χ0v) is 20.8. The van der Waals surface area contributed by atoms with Crippen molar-refractivity contribution in [1.29, 1.82) is 0 Å². The summed E-state index contributed by atoms with van der Waals surface area (Å²) in [5.74, 6) is 0. The third kappa shape index (κ3) is 6.61. The fourth-order valence-electron chi connectivity index (χ4n) is 3.32. The van der Waals surface area contributed by atoms with E-state index in [-0.39, 0.29) is 11.0 Å². The summed E-state index contributed by atoms with van der Waals surface area (Å²) in [5.41, 5.74) is 1.82. The van der Waals surface area contributed by atoms with Crippen molar-refractivity contribution in [2.75, 3.05) is 31.1 Å². The Bertz CT molecular complexity index is 1120. The molecule has 8 nitrogen and oxygen atoms in total. The highest BCUT2D eigenvalue weighted by molar-refractivity contribution is 7.89. The van der Waals surface area contributed by atoms with Gasteiger partial charge in [0.2, 0.25) is 0 Å². The van der Waals surface area contributed by atoms with E-state index in [0.29, 0.717) is 36.8 Å². The summed E-state index contributed by atoms with van der Waals surface area (Å²) in [6.45, 7) is 9.55. The number of aryl methyl sites for hydroxylation is 1. The molecule has 1 N–H and O–H groups in total. The Balaban J connectivity index is 1.71. The first-order valence-electron chi connectivity index (χ1n) is 10.6. The molecule has 2 aromatic rings. The lowest BCUT2D eigenvalue weighted by Crippen LogP contribution is -2.50. The molecule has 3 rings (SSSR count). The van der Waals surface area contributed by atoms with Gasteiger partial charge in [0, 0.05) is 37.4 Å². The van der Waals surface area contributed by atoms with Crippen LogP contribution >= 0.6 is 11.6 Å². The number of halogens is 1. The standard InChI is InChI=1S/C23H29ClN4O4S/c1-17-8-10-18(11-9-17)33(30,31)26-25-16-19-20(24)6-5-7-21(19)27-12-14-28(15-13-27)22(29)32-23(2,3)4/h5-11,16,26H,12-15H2,1-4H3/b25-16+. The summed E-state index contributed by atoms with van der Waals surface area (Å²) >= 11 is 6.41.